The maximum Gasteiger partial charge on any atom is 0.172 e. The van der Waals surface area contributed by atoms with Crippen molar-refractivity contribution in [1.82, 2.24) is 5.32 Å². The van der Waals surface area contributed by atoms with Gasteiger partial charge in [0.1, 0.15) is 0 Å². The number of Topliss-reactive ketones (excluding diaryl/α,β-unsaturated/α-hetero) is 1. The molecule has 0 amide bonds. The fourth-order valence-corrected chi connectivity index (χ4v) is 0.816. The third kappa shape index (κ3) is 1.39. The Balaban J connectivity index is 2.33. The van der Waals surface area contributed by atoms with Gasteiger partial charge in [-0.2, -0.15) is 0 Å². The van der Waals surface area contributed by atoms with Crippen LogP contribution in [0.25, 0.3) is 0 Å². The summed E-state index contributed by atoms with van der Waals surface area (Å²) in [4.78, 5) is 10.9. The third-order valence-electron chi connectivity index (χ3n) is 1.50. The van der Waals surface area contributed by atoms with E-state index in [9.17, 15) is 4.79 Å². The molecule has 0 saturated heterocycles. The molecule has 1 rings (SSSR count). The second kappa shape index (κ2) is 2.78. The molecule has 0 unspecified atom stereocenters. The van der Waals surface area contributed by atoms with Crippen molar-refractivity contribution in [1.29, 1.82) is 0 Å². The van der Waals surface area contributed by atoms with E-state index in [2.05, 4.69) is 5.32 Å². The standard InChI is InChI=1S/C7H11NO/c1-8-5-7(9)6-3-2-4-6/h3,8H,2,4-5H2,1H3. The molecule has 0 aliphatic heterocycles. The largest absolute Gasteiger partial charge is 0.313 e. The predicted molar refractivity (Wildman–Crippen MR) is 36.3 cm³/mol. The van der Waals surface area contributed by atoms with Crippen molar-refractivity contribution in [2.45, 2.75) is 12.8 Å². The number of allylic oxidation sites excluding steroid dienone is 1. The van der Waals surface area contributed by atoms with Gasteiger partial charge in [-0.3, -0.25) is 4.79 Å². The molecule has 0 heterocycles. The predicted octanol–water partition coefficient (Wildman–Crippen LogP) is 0.495. The molecule has 9 heavy (non-hydrogen) atoms. The molecule has 0 fully saturated rings. The van der Waals surface area contributed by atoms with Gasteiger partial charge in [-0.15, -0.1) is 0 Å². The van der Waals surface area contributed by atoms with Crippen molar-refractivity contribution >= 4 is 5.78 Å². The molecule has 0 bridgehead atoms. The Morgan fingerprint density at radius 2 is 2.56 bits per heavy atom. The molecular formula is C7H11NO. The molecule has 2 heteroatoms. The van der Waals surface area contributed by atoms with Gasteiger partial charge in [0, 0.05) is 0 Å². The van der Waals surface area contributed by atoms with Crippen molar-refractivity contribution in [3.8, 4) is 0 Å². The number of likely N-dealkylation sites (N-methyl/N-ethyl adjacent to an activating group) is 1. The fraction of sp³-hybridized carbons (Fsp3) is 0.571. The first-order valence-electron chi connectivity index (χ1n) is 3.21. The Morgan fingerprint density at radius 1 is 1.89 bits per heavy atom. The van der Waals surface area contributed by atoms with Crippen molar-refractivity contribution in [2.24, 2.45) is 0 Å². The number of carbonyl (C=O) groups is 1. The highest BCUT2D eigenvalue weighted by molar-refractivity contribution is 5.97. The first kappa shape index (κ1) is 6.49. The van der Waals surface area contributed by atoms with Crippen LogP contribution in [0.3, 0.4) is 0 Å². The molecule has 0 aromatic rings. The zero-order valence-corrected chi connectivity index (χ0v) is 5.61. The van der Waals surface area contributed by atoms with Crippen LogP contribution in [0.5, 0.6) is 0 Å². The molecule has 0 radical (unpaired) electrons. The Morgan fingerprint density at radius 3 is 2.89 bits per heavy atom. The average Bonchev–Trinajstić information content (AvgIpc) is 1.60. The SMILES string of the molecule is CNCC(=O)C1=CCC1. The van der Waals surface area contributed by atoms with E-state index in [0.29, 0.717) is 6.54 Å². The minimum Gasteiger partial charge on any atom is -0.313 e. The number of nitrogens with one attached hydrogen (secondary N) is 1. The van der Waals surface area contributed by atoms with E-state index in [4.69, 9.17) is 0 Å². The molecular weight excluding hydrogens is 114 g/mol. The zero-order chi connectivity index (χ0) is 6.69. The van der Waals surface area contributed by atoms with Gasteiger partial charge < -0.3 is 5.32 Å². The summed E-state index contributed by atoms with van der Waals surface area (Å²) in [6.07, 6.45) is 4.07. The summed E-state index contributed by atoms with van der Waals surface area (Å²) in [5.74, 6) is 0.253. The summed E-state index contributed by atoms with van der Waals surface area (Å²) < 4.78 is 0. The molecule has 1 N–H and O–H groups in total. The molecule has 50 valence electrons. The number of hydrogen-bond acceptors (Lipinski definition) is 2. The quantitative estimate of drug-likeness (QED) is 0.595. The van der Waals surface area contributed by atoms with Crippen molar-refractivity contribution < 1.29 is 4.79 Å². The molecule has 0 saturated carbocycles. The maximum atomic E-state index is 10.9. The summed E-state index contributed by atoms with van der Waals surface area (Å²) in [7, 11) is 1.79. The number of rotatable bonds is 3. The van der Waals surface area contributed by atoms with E-state index >= 15 is 0 Å². The van der Waals surface area contributed by atoms with Crippen LogP contribution in [0.15, 0.2) is 11.6 Å². The van der Waals surface area contributed by atoms with Crippen LogP contribution in [-0.4, -0.2) is 19.4 Å². The second-order valence-corrected chi connectivity index (χ2v) is 2.22. The topological polar surface area (TPSA) is 29.1 Å². The van der Waals surface area contributed by atoms with Crippen LogP contribution < -0.4 is 5.32 Å². The zero-order valence-electron chi connectivity index (χ0n) is 5.61. The van der Waals surface area contributed by atoms with E-state index < -0.39 is 0 Å². The van der Waals surface area contributed by atoms with Gasteiger partial charge in [0.2, 0.25) is 0 Å². The molecule has 1 aliphatic carbocycles. The third-order valence-corrected chi connectivity index (χ3v) is 1.50. The Hall–Kier alpha value is -0.630. The van der Waals surface area contributed by atoms with Gasteiger partial charge >= 0.3 is 0 Å². The molecule has 0 spiro atoms. The first-order valence-corrected chi connectivity index (χ1v) is 3.21. The lowest BCUT2D eigenvalue weighted by atomic mass is 9.95. The van der Waals surface area contributed by atoms with Crippen LogP contribution in [-0.2, 0) is 4.79 Å². The molecule has 1 aliphatic rings. The maximum absolute atomic E-state index is 10.9. The minimum absolute atomic E-state index is 0.253. The average molecular weight is 125 g/mol. The highest BCUT2D eigenvalue weighted by atomic mass is 16.1. The fourth-order valence-electron chi connectivity index (χ4n) is 0.816. The van der Waals surface area contributed by atoms with Gasteiger partial charge in [0.05, 0.1) is 6.54 Å². The Bertz CT molecular complexity index is 149. The number of hydrogen-bond donors (Lipinski definition) is 1. The Kier molecular flexibility index (Phi) is 2.01. The summed E-state index contributed by atoms with van der Waals surface area (Å²) in [5, 5.41) is 2.83. The van der Waals surface area contributed by atoms with Crippen LogP contribution in [0.2, 0.25) is 0 Å². The van der Waals surface area contributed by atoms with Crippen molar-refractivity contribution in [3.63, 3.8) is 0 Å². The van der Waals surface area contributed by atoms with Crippen LogP contribution in [0.1, 0.15) is 12.8 Å². The summed E-state index contributed by atoms with van der Waals surface area (Å²) in [6, 6.07) is 0. The van der Waals surface area contributed by atoms with E-state index in [1.54, 1.807) is 7.05 Å². The lowest BCUT2D eigenvalue weighted by Gasteiger charge is -2.11. The molecule has 2 nitrogen and oxygen atoms in total. The van der Waals surface area contributed by atoms with Gasteiger partial charge in [-0.05, 0) is 25.5 Å². The van der Waals surface area contributed by atoms with Gasteiger partial charge in [-0.1, -0.05) is 6.08 Å². The highest BCUT2D eigenvalue weighted by Crippen LogP contribution is 2.17. The van der Waals surface area contributed by atoms with E-state index in [1.165, 1.54) is 0 Å². The lowest BCUT2D eigenvalue weighted by molar-refractivity contribution is -0.115. The first-order chi connectivity index (χ1) is 4.34. The normalized spacial score (nSPS) is 16.3. The second-order valence-electron chi connectivity index (χ2n) is 2.22. The van der Waals surface area contributed by atoms with Crippen LogP contribution >= 0.6 is 0 Å². The molecule has 0 atom stereocenters. The van der Waals surface area contributed by atoms with Crippen LogP contribution in [0.4, 0.5) is 0 Å². The highest BCUT2D eigenvalue weighted by Gasteiger charge is 2.12. The van der Waals surface area contributed by atoms with Gasteiger partial charge in [0.25, 0.3) is 0 Å². The number of ketones is 1. The number of carbonyl (C=O) groups excluding carboxylic acids is 1. The van der Waals surface area contributed by atoms with E-state index in [-0.39, 0.29) is 5.78 Å². The Labute approximate surface area is 54.9 Å². The summed E-state index contributed by atoms with van der Waals surface area (Å²) in [6.45, 7) is 0.492. The molecule has 0 aromatic carbocycles. The van der Waals surface area contributed by atoms with Gasteiger partial charge in [-0.25, -0.2) is 0 Å². The monoisotopic (exact) mass is 125 g/mol. The smallest absolute Gasteiger partial charge is 0.172 e. The molecule has 0 aromatic heterocycles. The van der Waals surface area contributed by atoms with Gasteiger partial charge in [0.15, 0.2) is 5.78 Å². The lowest BCUT2D eigenvalue weighted by Crippen LogP contribution is -2.22. The van der Waals surface area contributed by atoms with E-state index in [0.717, 1.165) is 18.4 Å². The summed E-state index contributed by atoms with van der Waals surface area (Å²) in [5.41, 5.74) is 1.00. The van der Waals surface area contributed by atoms with Crippen LogP contribution in [0, 0.1) is 0 Å². The van der Waals surface area contributed by atoms with E-state index in [1.807, 2.05) is 6.08 Å². The summed E-state index contributed by atoms with van der Waals surface area (Å²) >= 11 is 0. The minimum atomic E-state index is 0.253. The van der Waals surface area contributed by atoms with Crippen molar-refractivity contribution in [3.05, 3.63) is 11.6 Å². The van der Waals surface area contributed by atoms with Crippen molar-refractivity contribution in [2.75, 3.05) is 13.6 Å².